The Morgan fingerprint density at radius 1 is 1.07 bits per heavy atom. The fraction of sp³-hybridized carbons (Fsp3) is 0.292. The smallest absolute Gasteiger partial charge is 0.120 e. The Bertz CT molecular complexity index is 1140. The summed E-state index contributed by atoms with van der Waals surface area (Å²) in [6, 6.07) is 16.4. The van der Waals surface area contributed by atoms with Crippen molar-refractivity contribution in [2.45, 2.75) is 46.3 Å². The number of aromatic nitrogens is 1. The van der Waals surface area contributed by atoms with Crippen molar-refractivity contribution in [2.24, 2.45) is 0 Å². The Labute approximate surface area is 181 Å². The average Bonchev–Trinajstić information content (AvgIpc) is 3.05. The van der Waals surface area contributed by atoms with Crippen LogP contribution in [-0.4, -0.2) is 13.1 Å². The predicted octanol–water partition coefficient (Wildman–Crippen LogP) is 6.12. The molecule has 28 heavy (non-hydrogen) atoms. The second-order valence-electron chi connectivity index (χ2n) is 8.19. The number of benzene rings is 2. The van der Waals surface area contributed by atoms with E-state index in [1.165, 1.54) is 27.1 Å². The van der Waals surface area contributed by atoms with Crippen LogP contribution in [0.15, 0.2) is 47.0 Å². The number of aryl methyl sites for hydroxylation is 2. The Morgan fingerprint density at radius 3 is 2.50 bits per heavy atom. The largest absolute Gasteiger partial charge is 0.501 e. The third-order valence-corrected chi connectivity index (χ3v) is 7.32. The van der Waals surface area contributed by atoms with E-state index in [2.05, 4.69) is 69.9 Å². The summed E-state index contributed by atoms with van der Waals surface area (Å²) in [5.74, 6) is 0. The summed E-state index contributed by atoms with van der Waals surface area (Å²) in [4.78, 5) is 4.82. The molecule has 4 rings (SSSR count). The Morgan fingerprint density at radius 2 is 1.82 bits per heavy atom. The van der Waals surface area contributed by atoms with Crippen molar-refractivity contribution >= 4 is 35.2 Å². The van der Waals surface area contributed by atoms with E-state index >= 15 is 0 Å². The van der Waals surface area contributed by atoms with E-state index in [0.29, 0.717) is 0 Å². The van der Waals surface area contributed by atoms with Crippen LogP contribution in [0.25, 0.3) is 33.2 Å². The first kappa shape index (κ1) is 21.0. The molecule has 0 aliphatic carbocycles. The molecule has 2 nitrogen and oxygen atoms in total. The van der Waals surface area contributed by atoms with Gasteiger partial charge in [-0.2, -0.15) is 0 Å². The summed E-state index contributed by atoms with van der Waals surface area (Å²) in [7, 11) is -1.55. The predicted molar refractivity (Wildman–Crippen MR) is 118 cm³/mol. The molecule has 0 bridgehead atoms. The van der Waals surface area contributed by atoms with Gasteiger partial charge < -0.3 is 9.40 Å². The normalized spacial score (nSPS) is 11.8. The number of nitrogens with zero attached hydrogens (tertiary/aromatic N) is 1. The van der Waals surface area contributed by atoms with Gasteiger partial charge >= 0.3 is 0 Å². The molecule has 0 saturated carbocycles. The number of furan rings is 1. The van der Waals surface area contributed by atoms with Crippen LogP contribution in [0.2, 0.25) is 19.6 Å². The summed E-state index contributed by atoms with van der Waals surface area (Å²) in [6.45, 7) is 11.5. The Balaban J connectivity index is 0.00000225. The molecule has 0 saturated heterocycles. The van der Waals surface area contributed by atoms with Crippen LogP contribution in [0.5, 0.6) is 0 Å². The number of para-hydroxylation sites is 1. The van der Waals surface area contributed by atoms with E-state index in [4.69, 9.17) is 9.40 Å². The molecule has 4 heteroatoms. The molecule has 147 valence electrons. The van der Waals surface area contributed by atoms with Gasteiger partial charge in [-0.1, -0.05) is 74.3 Å². The van der Waals surface area contributed by atoms with Crippen LogP contribution in [0, 0.1) is 6.07 Å². The minimum absolute atomic E-state index is 0. The third-order valence-electron chi connectivity index (χ3n) is 5.31. The summed E-state index contributed by atoms with van der Waals surface area (Å²) in [6.07, 6.45) is 3.93. The van der Waals surface area contributed by atoms with Crippen LogP contribution >= 0.6 is 0 Å². The van der Waals surface area contributed by atoms with Crippen molar-refractivity contribution in [1.82, 2.24) is 4.98 Å². The van der Waals surface area contributed by atoms with E-state index in [1.54, 1.807) is 0 Å². The molecule has 4 aromatic rings. The Hall–Kier alpha value is -1.74. The van der Waals surface area contributed by atoms with E-state index in [-0.39, 0.29) is 20.1 Å². The first-order chi connectivity index (χ1) is 12.9. The van der Waals surface area contributed by atoms with Gasteiger partial charge in [-0.05, 0) is 30.2 Å². The SMILES string of the molecule is CCc1cnc(-c2[c-]cc([Si](C)(C)C)c3c2oc2ccccc23)c(CC)c1.[Ir]. The van der Waals surface area contributed by atoms with Crippen molar-refractivity contribution in [3.63, 3.8) is 0 Å². The van der Waals surface area contributed by atoms with Gasteiger partial charge in [-0.15, -0.1) is 17.3 Å². The standard InChI is InChI=1S/C24H26NOSi.Ir/c1-6-16-14-17(7-2)23(25-15-16)19-12-13-21(27(3,4)5)22-18-10-8-9-11-20(18)26-24(19)22;/h8-11,13-15H,6-7H2,1-5H3;/q-1;. The van der Waals surface area contributed by atoms with Crippen molar-refractivity contribution in [3.05, 3.63) is 59.8 Å². The molecule has 0 atom stereocenters. The molecule has 2 aromatic carbocycles. The van der Waals surface area contributed by atoms with Gasteiger partial charge in [0.05, 0.1) is 5.58 Å². The molecule has 0 aliphatic heterocycles. The molecule has 2 heterocycles. The van der Waals surface area contributed by atoms with Gasteiger partial charge in [0.1, 0.15) is 5.58 Å². The second kappa shape index (κ2) is 7.94. The average molecular weight is 565 g/mol. The molecular weight excluding hydrogens is 539 g/mol. The maximum absolute atomic E-state index is 6.38. The zero-order valence-electron chi connectivity index (χ0n) is 17.1. The quantitative estimate of drug-likeness (QED) is 0.221. The minimum Gasteiger partial charge on any atom is -0.501 e. The summed E-state index contributed by atoms with van der Waals surface area (Å²) >= 11 is 0. The molecule has 1 radical (unpaired) electrons. The monoisotopic (exact) mass is 565 g/mol. The zero-order chi connectivity index (χ0) is 19.2. The molecule has 0 spiro atoms. The molecular formula is C24H26IrNOSi-. The van der Waals surface area contributed by atoms with Crippen molar-refractivity contribution in [3.8, 4) is 11.3 Å². The van der Waals surface area contributed by atoms with Crippen LogP contribution in [0.1, 0.15) is 25.0 Å². The molecule has 0 unspecified atom stereocenters. The fourth-order valence-electron chi connectivity index (χ4n) is 3.79. The van der Waals surface area contributed by atoms with Gasteiger partial charge in [0, 0.05) is 39.8 Å². The van der Waals surface area contributed by atoms with Gasteiger partial charge in [0.2, 0.25) is 0 Å². The summed E-state index contributed by atoms with van der Waals surface area (Å²) in [5, 5.41) is 3.85. The molecule has 0 N–H and O–H groups in total. The first-order valence-electron chi connectivity index (χ1n) is 9.78. The molecule has 2 aromatic heterocycles. The minimum atomic E-state index is -1.55. The van der Waals surface area contributed by atoms with Crippen molar-refractivity contribution in [1.29, 1.82) is 0 Å². The summed E-state index contributed by atoms with van der Waals surface area (Å²) < 4.78 is 6.38. The van der Waals surface area contributed by atoms with Gasteiger partial charge in [0.25, 0.3) is 0 Å². The maximum Gasteiger partial charge on any atom is 0.120 e. The number of rotatable bonds is 4. The number of hydrogen-bond donors (Lipinski definition) is 0. The van der Waals surface area contributed by atoms with Crippen molar-refractivity contribution < 1.29 is 24.5 Å². The Kier molecular flexibility index (Phi) is 5.95. The number of hydrogen-bond acceptors (Lipinski definition) is 2. The van der Waals surface area contributed by atoms with Crippen LogP contribution in [-0.2, 0) is 32.9 Å². The fourth-order valence-corrected chi connectivity index (χ4v) is 5.29. The molecule has 0 fully saturated rings. The van der Waals surface area contributed by atoms with E-state index in [0.717, 1.165) is 35.3 Å². The van der Waals surface area contributed by atoms with Gasteiger partial charge in [-0.3, -0.25) is 0 Å². The maximum atomic E-state index is 6.38. The molecule has 0 aliphatic rings. The first-order valence-corrected chi connectivity index (χ1v) is 13.3. The summed E-state index contributed by atoms with van der Waals surface area (Å²) in [5.41, 5.74) is 6.39. The zero-order valence-corrected chi connectivity index (χ0v) is 20.5. The van der Waals surface area contributed by atoms with E-state index in [1.807, 2.05) is 12.3 Å². The van der Waals surface area contributed by atoms with E-state index in [9.17, 15) is 0 Å². The topological polar surface area (TPSA) is 26.0 Å². The van der Waals surface area contributed by atoms with E-state index < -0.39 is 8.07 Å². The third kappa shape index (κ3) is 3.50. The number of pyridine rings is 1. The van der Waals surface area contributed by atoms with Crippen molar-refractivity contribution in [2.75, 3.05) is 0 Å². The number of fused-ring (bicyclic) bond motifs is 3. The molecule has 0 amide bonds. The van der Waals surface area contributed by atoms with Gasteiger partial charge in [0.15, 0.2) is 0 Å². The second-order valence-corrected chi connectivity index (χ2v) is 13.2. The van der Waals surface area contributed by atoms with Crippen LogP contribution < -0.4 is 5.19 Å². The van der Waals surface area contributed by atoms with Gasteiger partial charge in [-0.25, -0.2) is 0 Å². The van der Waals surface area contributed by atoms with Crippen LogP contribution in [0.3, 0.4) is 0 Å². The van der Waals surface area contributed by atoms with Crippen LogP contribution in [0.4, 0.5) is 0 Å².